The van der Waals surface area contributed by atoms with Crippen molar-refractivity contribution in [1.29, 1.82) is 0 Å². The third-order valence-electron chi connectivity index (χ3n) is 3.56. The van der Waals surface area contributed by atoms with Crippen LogP contribution in [0.15, 0.2) is 27.4 Å². The summed E-state index contributed by atoms with van der Waals surface area (Å²) in [5.74, 6) is 0.303. The summed E-state index contributed by atoms with van der Waals surface area (Å²) in [7, 11) is 0. The van der Waals surface area contributed by atoms with Crippen LogP contribution in [0.2, 0.25) is 0 Å². The Balaban J connectivity index is 2.34. The number of benzene rings is 1. The normalized spacial score (nSPS) is 14.9. The van der Waals surface area contributed by atoms with Crippen molar-refractivity contribution in [2.45, 2.75) is 19.8 Å². The smallest absolute Gasteiger partial charge is 0.381 e. The molecule has 0 aliphatic carbocycles. The summed E-state index contributed by atoms with van der Waals surface area (Å²) in [6, 6.07) is 4.94. The van der Waals surface area contributed by atoms with E-state index in [0.717, 1.165) is 25.9 Å². The van der Waals surface area contributed by atoms with Crippen LogP contribution in [0.1, 0.15) is 19.8 Å². The molecular weight excluding hydrogens is 258 g/mol. The summed E-state index contributed by atoms with van der Waals surface area (Å²) in [5, 5.41) is 10.7. The maximum absolute atomic E-state index is 12.1. The molecule has 0 atom stereocenters. The molecule has 1 aromatic carbocycles. The molecule has 0 radical (unpaired) electrons. The molecule has 0 unspecified atom stereocenters. The fourth-order valence-corrected chi connectivity index (χ4v) is 2.71. The molecule has 1 aromatic heterocycles. The highest BCUT2D eigenvalue weighted by atomic mass is 16.5. The van der Waals surface area contributed by atoms with Gasteiger partial charge in [0.25, 0.3) is 0 Å². The summed E-state index contributed by atoms with van der Waals surface area (Å²) in [4.78, 5) is 14.2. The van der Waals surface area contributed by atoms with Gasteiger partial charge < -0.3 is 19.2 Å². The maximum atomic E-state index is 12.1. The Morgan fingerprint density at radius 2 is 2.10 bits per heavy atom. The number of phenolic OH excluding ortho intramolecular Hbond substituents is 1. The molecule has 0 saturated carbocycles. The van der Waals surface area contributed by atoms with Crippen molar-refractivity contribution < 1.29 is 14.3 Å². The summed E-state index contributed by atoms with van der Waals surface area (Å²) in [5.41, 5.74) is 0.556. The number of rotatable bonds is 3. The quantitative estimate of drug-likeness (QED) is 0.872. The summed E-state index contributed by atoms with van der Waals surface area (Å²) in [6.07, 6.45) is 2.14. The van der Waals surface area contributed by atoms with E-state index in [2.05, 4.69) is 4.90 Å². The van der Waals surface area contributed by atoms with Crippen LogP contribution in [0.5, 0.6) is 11.5 Å². The highest BCUT2D eigenvalue weighted by Crippen LogP contribution is 2.40. The van der Waals surface area contributed by atoms with E-state index < -0.39 is 5.63 Å². The third kappa shape index (κ3) is 1.99. The average molecular weight is 275 g/mol. The second-order valence-corrected chi connectivity index (χ2v) is 4.84. The van der Waals surface area contributed by atoms with E-state index in [0.29, 0.717) is 23.3 Å². The lowest BCUT2D eigenvalue weighted by Gasteiger charge is -2.22. The number of aromatic hydroxyl groups is 1. The molecule has 20 heavy (non-hydrogen) atoms. The van der Waals surface area contributed by atoms with Gasteiger partial charge in [0.2, 0.25) is 5.75 Å². The van der Waals surface area contributed by atoms with E-state index in [-0.39, 0.29) is 11.5 Å². The lowest BCUT2D eigenvalue weighted by Crippen LogP contribution is -2.22. The van der Waals surface area contributed by atoms with Crippen LogP contribution < -0.4 is 15.3 Å². The molecule has 1 N–H and O–H groups in total. The van der Waals surface area contributed by atoms with Gasteiger partial charge in [-0.25, -0.2) is 4.79 Å². The zero-order chi connectivity index (χ0) is 14.1. The number of nitrogens with zero attached hydrogens (tertiary/aromatic N) is 1. The fraction of sp³-hybridized carbons (Fsp3) is 0.400. The molecule has 5 nitrogen and oxygen atoms in total. The topological polar surface area (TPSA) is 62.9 Å². The van der Waals surface area contributed by atoms with Gasteiger partial charge in [0, 0.05) is 13.1 Å². The van der Waals surface area contributed by atoms with Crippen molar-refractivity contribution in [2.75, 3.05) is 24.6 Å². The molecule has 1 saturated heterocycles. The van der Waals surface area contributed by atoms with Crippen LogP contribution in [0.25, 0.3) is 11.0 Å². The van der Waals surface area contributed by atoms with Crippen molar-refractivity contribution in [3.05, 3.63) is 28.6 Å². The van der Waals surface area contributed by atoms with E-state index in [1.165, 1.54) is 0 Å². The first-order valence-electron chi connectivity index (χ1n) is 6.89. The fourth-order valence-electron chi connectivity index (χ4n) is 2.71. The third-order valence-corrected chi connectivity index (χ3v) is 3.56. The first-order chi connectivity index (χ1) is 9.72. The molecule has 1 aliphatic heterocycles. The van der Waals surface area contributed by atoms with Crippen molar-refractivity contribution in [2.24, 2.45) is 0 Å². The van der Waals surface area contributed by atoms with Gasteiger partial charge in [0.1, 0.15) is 17.0 Å². The van der Waals surface area contributed by atoms with Crippen molar-refractivity contribution in [3.63, 3.8) is 0 Å². The van der Waals surface area contributed by atoms with Crippen LogP contribution in [0.3, 0.4) is 0 Å². The van der Waals surface area contributed by atoms with Crippen molar-refractivity contribution in [1.82, 2.24) is 0 Å². The lowest BCUT2D eigenvalue weighted by atomic mass is 10.1. The lowest BCUT2D eigenvalue weighted by molar-refractivity contribution is 0.322. The zero-order valence-electron chi connectivity index (χ0n) is 11.4. The van der Waals surface area contributed by atoms with E-state index in [4.69, 9.17) is 9.15 Å². The second kappa shape index (κ2) is 5.07. The van der Waals surface area contributed by atoms with Crippen molar-refractivity contribution in [3.8, 4) is 11.5 Å². The second-order valence-electron chi connectivity index (χ2n) is 4.84. The summed E-state index contributed by atoms with van der Waals surface area (Å²) >= 11 is 0. The molecule has 5 heteroatoms. The maximum Gasteiger partial charge on any atom is 0.381 e. The minimum Gasteiger partial charge on any atom is -0.507 e. The first-order valence-corrected chi connectivity index (χ1v) is 6.89. The van der Waals surface area contributed by atoms with Gasteiger partial charge in [-0.05, 0) is 31.9 Å². The summed E-state index contributed by atoms with van der Waals surface area (Å²) < 4.78 is 10.7. The number of hydrogen-bond donors (Lipinski definition) is 1. The van der Waals surface area contributed by atoms with Gasteiger partial charge in [-0.15, -0.1) is 0 Å². The van der Waals surface area contributed by atoms with E-state index in [9.17, 15) is 9.90 Å². The Hall–Kier alpha value is -2.17. The van der Waals surface area contributed by atoms with Crippen LogP contribution in [0, 0.1) is 0 Å². The largest absolute Gasteiger partial charge is 0.507 e. The molecule has 106 valence electrons. The molecule has 0 bridgehead atoms. The van der Waals surface area contributed by atoms with Gasteiger partial charge >= 0.3 is 5.63 Å². The highest BCUT2D eigenvalue weighted by molar-refractivity contribution is 5.98. The van der Waals surface area contributed by atoms with Gasteiger partial charge in [-0.1, -0.05) is 6.07 Å². The number of ether oxygens (including phenoxy) is 1. The number of hydrogen-bond acceptors (Lipinski definition) is 5. The zero-order valence-corrected chi connectivity index (χ0v) is 11.4. The number of anilines is 1. The Morgan fingerprint density at radius 3 is 2.80 bits per heavy atom. The van der Waals surface area contributed by atoms with Crippen LogP contribution in [-0.2, 0) is 0 Å². The standard InChI is InChI=1S/C15H17NO4/c1-2-19-14-13(16-8-3-4-9-16)12-10(17)6-5-7-11(12)20-15(14)18/h5-7,17H,2-4,8-9H2,1H3. The minimum atomic E-state index is -0.494. The van der Waals surface area contributed by atoms with Crippen LogP contribution >= 0.6 is 0 Å². The van der Waals surface area contributed by atoms with E-state index >= 15 is 0 Å². The molecular formula is C15H17NO4. The highest BCUT2D eigenvalue weighted by Gasteiger charge is 2.25. The molecule has 1 aliphatic rings. The predicted molar refractivity (Wildman–Crippen MR) is 76.8 cm³/mol. The first kappa shape index (κ1) is 12.8. The molecule has 3 rings (SSSR count). The van der Waals surface area contributed by atoms with Crippen molar-refractivity contribution >= 4 is 16.7 Å². The molecule has 2 aromatic rings. The van der Waals surface area contributed by atoms with Gasteiger partial charge in [0.15, 0.2) is 0 Å². The van der Waals surface area contributed by atoms with Gasteiger partial charge in [-0.3, -0.25) is 0 Å². The molecule has 1 fully saturated rings. The Morgan fingerprint density at radius 1 is 1.35 bits per heavy atom. The monoisotopic (exact) mass is 275 g/mol. The Labute approximate surface area is 116 Å². The van der Waals surface area contributed by atoms with Gasteiger partial charge in [0.05, 0.1) is 12.0 Å². The number of fused-ring (bicyclic) bond motifs is 1. The Kier molecular flexibility index (Phi) is 3.26. The SMILES string of the molecule is CCOc1c(N2CCCC2)c2c(O)cccc2oc1=O. The van der Waals surface area contributed by atoms with E-state index in [1.807, 2.05) is 6.92 Å². The van der Waals surface area contributed by atoms with Gasteiger partial charge in [-0.2, -0.15) is 0 Å². The van der Waals surface area contributed by atoms with Crippen LogP contribution in [-0.4, -0.2) is 24.8 Å². The minimum absolute atomic E-state index is 0.106. The molecule has 2 heterocycles. The van der Waals surface area contributed by atoms with E-state index in [1.54, 1.807) is 18.2 Å². The summed E-state index contributed by atoms with van der Waals surface area (Å²) in [6.45, 7) is 3.91. The molecule has 0 spiro atoms. The van der Waals surface area contributed by atoms with Crippen LogP contribution in [0.4, 0.5) is 5.69 Å². The predicted octanol–water partition coefficient (Wildman–Crippen LogP) is 2.50. The average Bonchev–Trinajstić information content (AvgIpc) is 2.94. The Bertz CT molecular complexity index is 686. The number of phenols is 1. The molecule has 0 amide bonds.